The van der Waals surface area contributed by atoms with Crippen molar-refractivity contribution in [3.8, 4) is 0 Å². The largest absolute Gasteiger partial charge is 0.364 e. The van der Waals surface area contributed by atoms with Gasteiger partial charge in [-0.25, -0.2) is 4.21 Å². The molecule has 0 saturated heterocycles. The SMILES string of the molecule is O=S1N=C(Nc2cc(Cl)cc(Cl)c2)C(NC2CCCCC2)=N1. The molecule has 1 aromatic carbocycles. The van der Waals surface area contributed by atoms with E-state index in [2.05, 4.69) is 19.4 Å². The third kappa shape index (κ3) is 4.00. The van der Waals surface area contributed by atoms with Gasteiger partial charge in [0, 0.05) is 21.8 Å². The van der Waals surface area contributed by atoms with Crippen LogP contribution in [0.1, 0.15) is 32.1 Å². The molecule has 118 valence electrons. The van der Waals surface area contributed by atoms with Crippen LogP contribution in [0.3, 0.4) is 0 Å². The molecule has 1 aliphatic heterocycles. The van der Waals surface area contributed by atoms with E-state index in [9.17, 15) is 4.21 Å². The van der Waals surface area contributed by atoms with Crippen molar-refractivity contribution in [2.45, 2.75) is 38.1 Å². The molecule has 1 atom stereocenters. The lowest BCUT2D eigenvalue weighted by Crippen LogP contribution is -2.41. The summed E-state index contributed by atoms with van der Waals surface area (Å²) in [6.07, 6.45) is 5.89. The number of halogens is 2. The molecule has 8 heteroatoms. The number of anilines is 1. The maximum Gasteiger partial charge on any atom is 0.269 e. The summed E-state index contributed by atoms with van der Waals surface area (Å²) in [4.78, 5) is 0. The zero-order chi connectivity index (χ0) is 15.5. The molecule has 5 nitrogen and oxygen atoms in total. The molecule has 2 aliphatic rings. The van der Waals surface area contributed by atoms with Gasteiger partial charge in [0.2, 0.25) is 0 Å². The summed E-state index contributed by atoms with van der Waals surface area (Å²) in [5, 5.41) is 7.48. The molecule has 2 N–H and O–H groups in total. The summed E-state index contributed by atoms with van der Waals surface area (Å²) in [7, 11) is 0. The Morgan fingerprint density at radius 3 is 2.32 bits per heavy atom. The van der Waals surface area contributed by atoms with Gasteiger partial charge in [0.25, 0.3) is 11.2 Å². The smallest absolute Gasteiger partial charge is 0.269 e. The lowest BCUT2D eigenvalue weighted by molar-refractivity contribution is 0.414. The van der Waals surface area contributed by atoms with Crippen LogP contribution in [-0.2, 0) is 11.2 Å². The van der Waals surface area contributed by atoms with Gasteiger partial charge in [0.15, 0.2) is 11.7 Å². The van der Waals surface area contributed by atoms with Crippen molar-refractivity contribution in [3.63, 3.8) is 0 Å². The van der Waals surface area contributed by atoms with Crippen molar-refractivity contribution in [2.75, 3.05) is 5.32 Å². The molecule has 0 amide bonds. The molecule has 1 unspecified atom stereocenters. The van der Waals surface area contributed by atoms with E-state index in [1.807, 2.05) is 0 Å². The summed E-state index contributed by atoms with van der Waals surface area (Å²) in [6.45, 7) is 0. The fraction of sp³-hybridized carbons (Fsp3) is 0.429. The van der Waals surface area contributed by atoms with Crippen molar-refractivity contribution >= 4 is 51.7 Å². The fourth-order valence-corrected chi connectivity index (χ4v) is 3.79. The second-order valence-electron chi connectivity index (χ2n) is 5.37. The molecule has 22 heavy (non-hydrogen) atoms. The average Bonchev–Trinajstić information content (AvgIpc) is 2.78. The van der Waals surface area contributed by atoms with Crippen LogP contribution in [0.15, 0.2) is 27.0 Å². The standard InChI is InChI=1S/C14H16Cl2N4OS/c15-9-6-10(16)8-12(7-9)18-14-13(19-22(21)20-14)17-11-4-2-1-3-5-11/h6-8,11H,1-5H2,(H,17,19)(H,18,20). The van der Waals surface area contributed by atoms with Crippen molar-refractivity contribution in [1.29, 1.82) is 0 Å². The van der Waals surface area contributed by atoms with Crippen molar-refractivity contribution < 1.29 is 4.21 Å². The first-order chi connectivity index (χ1) is 10.6. The number of hydrogen-bond donors (Lipinski definition) is 2. The number of benzene rings is 1. The Morgan fingerprint density at radius 1 is 1.00 bits per heavy atom. The molecule has 0 spiro atoms. The molecule has 1 aromatic rings. The van der Waals surface area contributed by atoms with E-state index < -0.39 is 11.2 Å². The fourth-order valence-electron chi connectivity index (χ4n) is 2.64. The first kappa shape index (κ1) is 15.8. The molecular weight excluding hydrogens is 343 g/mol. The van der Waals surface area contributed by atoms with Gasteiger partial charge in [-0.3, -0.25) is 0 Å². The first-order valence-corrected chi connectivity index (χ1v) is 9.01. The highest BCUT2D eigenvalue weighted by Crippen LogP contribution is 2.23. The lowest BCUT2D eigenvalue weighted by atomic mass is 9.95. The zero-order valence-corrected chi connectivity index (χ0v) is 14.1. The van der Waals surface area contributed by atoms with E-state index in [0.29, 0.717) is 33.4 Å². The minimum absolute atomic E-state index is 0.359. The zero-order valence-electron chi connectivity index (χ0n) is 11.8. The van der Waals surface area contributed by atoms with Crippen molar-refractivity contribution in [3.05, 3.63) is 28.2 Å². The lowest BCUT2D eigenvalue weighted by Gasteiger charge is -2.23. The quantitative estimate of drug-likeness (QED) is 0.846. The Morgan fingerprint density at radius 2 is 1.64 bits per heavy atom. The normalized spacial score (nSPS) is 22.2. The highest BCUT2D eigenvalue weighted by Gasteiger charge is 2.23. The molecular formula is C14H16Cl2N4OS. The van der Waals surface area contributed by atoms with E-state index in [1.54, 1.807) is 18.2 Å². The summed E-state index contributed by atoms with van der Waals surface area (Å²) in [5.74, 6) is 1.00. The Hall–Kier alpha value is -1.11. The van der Waals surface area contributed by atoms with Crippen LogP contribution in [0.5, 0.6) is 0 Å². The predicted octanol–water partition coefficient (Wildman–Crippen LogP) is 3.72. The van der Waals surface area contributed by atoms with Gasteiger partial charge in [-0.2, -0.15) is 0 Å². The highest BCUT2D eigenvalue weighted by molar-refractivity contribution is 7.83. The average molecular weight is 359 g/mol. The molecule has 1 aliphatic carbocycles. The minimum Gasteiger partial charge on any atom is -0.364 e. The Labute approximate surface area is 141 Å². The van der Waals surface area contributed by atoms with Crippen LogP contribution >= 0.6 is 23.2 Å². The van der Waals surface area contributed by atoms with E-state index in [0.717, 1.165) is 12.8 Å². The van der Waals surface area contributed by atoms with Crippen LogP contribution in [0.4, 0.5) is 5.69 Å². The van der Waals surface area contributed by atoms with E-state index >= 15 is 0 Å². The predicted molar refractivity (Wildman–Crippen MR) is 93.1 cm³/mol. The molecule has 1 heterocycles. The molecule has 1 fully saturated rings. The number of hydrogen-bond acceptors (Lipinski definition) is 3. The minimum atomic E-state index is -1.59. The summed E-state index contributed by atoms with van der Waals surface area (Å²) in [6, 6.07) is 5.47. The Bertz CT molecular complexity index is 636. The van der Waals surface area contributed by atoms with E-state index in [1.165, 1.54) is 19.3 Å². The van der Waals surface area contributed by atoms with Crippen molar-refractivity contribution in [1.82, 2.24) is 5.32 Å². The maximum atomic E-state index is 11.6. The summed E-state index contributed by atoms with van der Waals surface area (Å²) in [5.41, 5.74) is 0.688. The highest BCUT2D eigenvalue weighted by atomic mass is 35.5. The maximum absolute atomic E-state index is 11.6. The third-order valence-electron chi connectivity index (χ3n) is 3.63. The Kier molecular flexibility index (Phi) is 5.00. The van der Waals surface area contributed by atoms with Gasteiger partial charge in [-0.1, -0.05) is 42.5 Å². The van der Waals surface area contributed by atoms with Gasteiger partial charge < -0.3 is 10.6 Å². The van der Waals surface area contributed by atoms with E-state index in [4.69, 9.17) is 23.2 Å². The van der Waals surface area contributed by atoms with Crippen molar-refractivity contribution in [2.24, 2.45) is 8.80 Å². The van der Waals surface area contributed by atoms with Crippen LogP contribution < -0.4 is 10.6 Å². The summed E-state index contributed by atoms with van der Waals surface area (Å²) >= 11 is 10.4. The van der Waals surface area contributed by atoms with E-state index in [-0.39, 0.29) is 0 Å². The number of nitrogens with one attached hydrogen (secondary N) is 2. The molecule has 1 saturated carbocycles. The second kappa shape index (κ2) is 6.98. The van der Waals surface area contributed by atoms with Crippen LogP contribution in [-0.4, -0.2) is 21.9 Å². The van der Waals surface area contributed by atoms with Gasteiger partial charge in [-0.15, -0.1) is 8.80 Å². The topological polar surface area (TPSA) is 65.8 Å². The first-order valence-electron chi connectivity index (χ1n) is 7.19. The third-order valence-corrected chi connectivity index (χ3v) is 4.75. The summed E-state index contributed by atoms with van der Waals surface area (Å²) < 4.78 is 19.7. The number of amidine groups is 2. The molecule has 3 rings (SSSR count). The van der Waals surface area contributed by atoms with Crippen LogP contribution in [0.2, 0.25) is 10.0 Å². The Balaban J connectivity index is 1.72. The molecule has 0 radical (unpaired) electrons. The van der Waals surface area contributed by atoms with Gasteiger partial charge in [0.05, 0.1) is 0 Å². The number of rotatable bonds is 2. The number of nitrogens with zero attached hydrogens (tertiary/aromatic N) is 2. The van der Waals surface area contributed by atoms with Crippen LogP contribution in [0, 0.1) is 0 Å². The monoisotopic (exact) mass is 358 g/mol. The van der Waals surface area contributed by atoms with Gasteiger partial charge in [-0.05, 0) is 31.0 Å². The molecule has 0 aromatic heterocycles. The second-order valence-corrected chi connectivity index (χ2v) is 7.07. The van der Waals surface area contributed by atoms with Gasteiger partial charge in [0.1, 0.15) is 0 Å². The van der Waals surface area contributed by atoms with Crippen LogP contribution in [0.25, 0.3) is 0 Å². The molecule has 0 bridgehead atoms. The van der Waals surface area contributed by atoms with Gasteiger partial charge >= 0.3 is 0 Å².